The Hall–Kier alpha value is -1.58. The summed E-state index contributed by atoms with van der Waals surface area (Å²) in [6, 6.07) is 5.41. The van der Waals surface area contributed by atoms with E-state index in [0.717, 1.165) is 17.7 Å². The molecule has 4 heteroatoms. The van der Waals surface area contributed by atoms with Gasteiger partial charge in [-0.2, -0.15) is 0 Å². The van der Waals surface area contributed by atoms with Gasteiger partial charge in [-0.25, -0.2) is 0 Å². The van der Waals surface area contributed by atoms with Gasteiger partial charge in [-0.15, -0.1) is 0 Å². The van der Waals surface area contributed by atoms with Gasteiger partial charge in [0.1, 0.15) is 0 Å². The number of rotatable bonds is 3. The number of hydrogen-bond donors (Lipinski definition) is 1. The number of hydrogen-bond acceptors (Lipinski definition) is 3. The zero-order chi connectivity index (χ0) is 14.2. The van der Waals surface area contributed by atoms with Crippen LogP contribution >= 0.6 is 0 Å². The fourth-order valence-electron chi connectivity index (χ4n) is 3.17. The summed E-state index contributed by atoms with van der Waals surface area (Å²) >= 11 is 0. The van der Waals surface area contributed by atoms with Crippen molar-refractivity contribution >= 4 is 11.4 Å². The van der Waals surface area contributed by atoms with E-state index in [1.807, 2.05) is 13.0 Å². The van der Waals surface area contributed by atoms with Crippen LogP contribution in [0.2, 0.25) is 0 Å². The first-order chi connectivity index (χ1) is 8.78. The van der Waals surface area contributed by atoms with E-state index in [4.69, 9.17) is 0 Å². The molecule has 1 saturated carbocycles. The van der Waals surface area contributed by atoms with Crippen LogP contribution in [0.25, 0.3) is 0 Å². The summed E-state index contributed by atoms with van der Waals surface area (Å²) in [5.74, 6) is 0.591. The quantitative estimate of drug-likeness (QED) is 0.658. The molecule has 0 heterocycles. The maximum Gasteiger partial charge on any atom is 0.271 e. The highest BCUT2D eigenvalue weighted by atomic mass is 16.6. The number of non-ortho nitro benzene ring substituents is 1. The third-order valence-corrected chi connectivity index (χ3v) is 4.11. The van der Waals surface area contributed by atoms with Crippen molar-refractivity contribution in [2.75, 3.05) is 5.32 Å². The lowest BCUT2D eigenvalue weighted by molar-refractivity contribution is -0.384. The highest BCUT2D eigenvalue weighted by Gasteiger charge is 2.36. The Kier molecular flexibility index (Phi) is 3.52. The molecular weight excluding hydrogens is 240 g/mol. The Balaban J connectivity index is 2.19. The summed E-state index contributed by atoms with van der Waals surface area (Å²) in [5, 5.41) is 14.4. The average Bonchev–Trinajstić information content (AvgIpc) is 2.54. The van der Waals surface area contributed by atoms with Crippen LogP contribution in [0.1, 0.15) is 39.2 Å². The summed E-state index contributed by atoms with van der Waals surface area (Å²) in [6.45, 7) is 8.80. The lowest BCUT2D eigenvalue weighted by Crippen LogP contribution is -2.23. The first-order valence-corrected chi connectivity index (χ1v) is 6.80. The molecule has 1 aromatic rings. The minimum atomic E-state index is -0.341. The van der Waals surface area contributed by atoms with Crippen LogP contribution in [0.3, 0.4) is 0 Å². The number of anilines is 1. The molecule has 0 radical (unpaired) electrons. The van der Waals surface area contributed by atoms with E-state index < -0.39 is 0 Å². The molecule has 1 aliphatic rings. The largest absolute Gasteiger partial charge is 0.382 e. The zero-order valence-electron chi connectivity index (χ0n) is 12.1. The third-order valence-electron chi connectivity index (χ3n) is 4.11. The molecule has 1 fully saturated rings. The highest BCUT2D eigenvalue weighted by Crippen LogP contribution is 2.42. The van der Waals surface area contributed by atoms with Crippen LogP contribution in [0.15, 0.2) is 18.2 Å². The molecule has 0 aromatic heterocycles. The second-order valence-corrected chi connectivity index (χ2v) is 6.56. The first-order valence-electron chi connectivity index (χ1n) is 6.80. The van der Waals surface area contributed by atoms with Crippen molar-refractivity contribution in [3.8, 4) is 0 Å². The van der Waals surface area contributed by atoms with Gasteiger partial charge in [0, 0.05) is 23.9 Å². The van der Waals surface area contributed by atoms with Crippen molar-refractivity contribution in [3.63, 3.8) is 0 Å². The lowest BCUT2D eigenvalue weighted by atomic mass is 9.91. The summed E-state index contributed by atoms with van der Waals surface area (Å²) in [6.07, 6.45) is 2.30. The molecule has 0 saturated heterocycles. The zero-order valence-corrected chi connectivity index (χ0v) is 12.1. The van der Waals surface area contributed by atoms with E-state index in [1.54, 1.807) is 12.1 Å². The molecule has 2 unspecified atom stereocenters. The second kappa shape index (κ2) is 4.83. The van der Waals surface area contributed by atoms with Crippen molar-refractivity contribution < 1.29 is 4.92 Å². The van der Waals surface area contributed by atoms with E-state index in [-0.39, 0.29) is 10.6 Å². The van der Waals surface area contributed by atoms with Gasteiger partial charge in [0.05, 0.1) is 4.92 Å². The minimum absolute atomic E-state index is 0.151. The number of nitrogens with zero attached hydrogens (tertiary/aromatic N) is 1. The van der Waals surface area contributed by atoms with Gasteiger partial charge in [0.2, 0.25) is 0 Å². The summed E-state index contributed by atoms with van der Waals surface area (Å²) in [5.41, 5.74) is 2.45. The molecule has 1 aliphatic carbocycles. The predicted octanol–water partition coefficient (Wildman–Crippen LogP) is 4.14. The monoisotopic (exact) mass is 262 g/mol. The van der Waals surface area contributed by atoms with Gasteiger partial charge < -0.3 is 5.32 Å². The smallest absolute Gasteiger partial charge is 0.271 e. The van der Waals surface area contributed by atoms with Crippen LogP contribution in [0, 0.1) is 28.4 Å². The second-order valence-electron chi connectivity index (χ2n) is 6.56. The van der Waals surface area contributed by atoms with E-state index >= 15 is 0 Å². The molecule has 1 aromatic carbocycles. The average molecular weight is 262 g/mol. The Morgan fingerprint density at radius 2 is 2.05 bits per heavy atom. The van der Waals surface area contributed by atoms with Crippen molar-refractivity contribution in [2.24, 2.45) is 11.3 Å². The molecule has 2 rings (SSSR count). The third kappa shape index (κ3) is 3.06. The SMILES string of the molecule is Cc1ccc([N+](=O)[O-])cc1NC1CC(C)(C)CC1C. The Morgan fingerprint density at radius 1 is 1.37 bits per heavy atom. The van der Waals surface area contributed by atoms with E-state index in [9.17, 15) is 10.1 Å². The number of nitrogens with one attached hydrogen (secondary N) is 1. The summed E-state index contributed by atoms with van der Waals surface area (Å²) < 4.78 is 0. The van der Waals surface area contributed by atoms with E-state index in [0.29, 0.717) is 17.4 Å². The maximum absolute atomic E-state index is 10.8. The number of benzene rings is 1. The van der Waals surface area contributed by atoms with Gasteiger partial charge >= 0.3 is 0 Å². The first kappa shape index (κ1) is 13.8. The normalized spacial score (nSPS) is 25.3. The molecule has 2 atom stereocenters. The molecule has 1 N–H and O–H groups in total. The van der Waals surface area contributed by atoms with Gasteiger partial charge in [0.15, 0.2) is 0 Å². The van der Waals surface area contributed by atoms with Gasteiger partial charge in [0.25, 0.3) is 5.69 Å². The number of nitro groups is 1. The standard InChI is InChI=1S/C15H22N2O2/c1-10-5-6-12(17(18)19)7-13(10)16-14-9-15(3,4)8-11(14)2/h5-7,11,14,16H,8-9H2,1-4H3. The van der Waals surface area contributed by atoms with E-state index in [1.165, 1.54) is 6.42 Å². The Bertz CT molecular complexity index is 497. The van der Waals surface area contributed by atoms with Crippen molar-refractivity contribution in [3.05, 3.63) is 33.9 Å². The fourth-order valence-corrected chi connectivity index (χ4v) is 3.17. The van der Waals surface area contributed by atoms with Crippen LogP contribution in [-0.4, -0.2) is 11.0 Å². The van der Waals surface area contributed by atoms with Gasteiger partial charge in [-0.3, -0.25) is 10.1 Å². The molecular formula is C15H22N2O2. The maximum atomic E-state index is 10.8. The Labute approximate surface area is 114 Å². The van der Waals surface area contributed by atoms with Crippen molar-refractivity contribution in [2.45, 2.75) is 46.6 Å². The van der Waals surface area contributed by atoms with Crippen LogP contribution < -0.4 is 5.32 Å². The van der Waals surface area contributed by atoms with E-state index in [2.05, 4.69) is 26.1 Å². The van der Waals surface area contributed by atoms with Crippen molar-refractivity contribution in [1.82, 2.24) is 0 Å². The predicted molar refractivity (Wildman–Crippen MR) is 77.4 cm³/mol. The van der Waals surface area contributed by atoms with Gasteiger partial charge in [-0.05, 0) is 36.7 Å². The number of aryl methyl sites for hydroxylation is 1. The Morgan fingerprint density at radius 3 is 2.58 bits per heavy atom. The molecule has 0 spiro atoms. The highest BCUT2D eigenvalue weighted by molar-refractivity contribution is 5.57. The molecule has 0 aliphatic heterocycles. The molecule has 19 heavy (non-hydrogen) atoms. The molecule has 0 amide bonds. The molecule has 0 bridgehead atoms. The van der Waals surface area contributed by atoms with Crippen molar-refractivity contribution in [1.29, 1.82) is 0 Å². The van der Waals surface area contributed by atoms with Crippen LogP contribution in [-0.2, 0) is 0 Å². The lowest BCUT2D eigenvalue weighted by Gasteiger charge is -2.21. The summed E-state index contributed by atoms with van der Waals surface area (Å²) in [4.78, 5) is 10.5. The molecule has 4 nitrogen and oxygen atoms in total. The fraction of sp³-hybridized carbons (Fsp3) is 0.600. The van der Waals surface area contributed by atoms with Crippen LogP contribution in [0.4, 0.5) is 11.4 Å². The van der Waals surface area contributed by atoms with Crippen LogP contribution in [0.5, 0.6) is 0 Å². The summed E-state index contributed by atoms with van der Waals surface area (Å²) in [7, 11) is 0. The molecule has 104 valence electrons. The topological polar surface area (TPSA) is 55.2 Å². The minimum Gasteiger partial charge on any atom is -0.382 e. The van der Waals surface area contributed by atoms with Gasteiger partial charge in [-0.1, -0.05) is 26.8 Å². The number of nitro benzene ring substituents is 1.